The average molecular weight is 515 g/mol. The van der Waals surface area contributed by atoms with Crippen molar-refractivity contribution >= 4 is 55.1 Å². The number of fused-ring (bicyclic) bond motifs is 6. The Morgan fingerprint density at radius 2 is 1.05 bits per heavy atom. The Morgan fingerprint density at radius 3 is 1.73 bits per heavy atom. The van der Waals surface area contributed by atoms with E-state index in [1.807, 2.05) is 12.1 Å². The summed E-state index contributed by atoms with van der Waals surface area (Å²) in [4.78, 5) is 2.22. The first kappa shape index (κ1) is 22.7. The highest BCUT2D eigenvalue weighted by atomic mass is 16.3. The second-order valence-corrected chi connectivity index (χ2v) is 10.3. The minimum absolute atomic E-state index is 0.922. The van der Waals surface area contributed by atoms with E-state index in [9.17, 15) is 0 Å². The fourth-order valence-corrected chi connectivity index (χ4v) is 6.01. The van der Waals surface area contributed by atoms with Crippen LogP contribution in [0.1, 0.15) is 0 Å². The van der Waals surface area contributed by atoms with Crippen LogP contribution in [0.5, 0.6) is 0 Å². The van der Waals surface area contributed by atoms with Gasteiger partial charge in [-0.05, 0) is 60.2 Å². The zero-order chi connectivity index (χ0) is 26.6. The van der Waals surface area contributed by atoms with Gasteiger partial charge in [0.25, 0.3) is 0 Å². The van der Waals surface area contributed by atoms with Crippen LogP contribution in [0, 0.1) is 0 Å². The van der Waals surface area contributed by atoms with Crippen molar-refractivity contribution < 1.29 is 4.42 Å². The van der Waals surface area contributed by atoms with Gasteiger partial charge in [0.15, 0.2) is 0 Å². The average Bonchev–Trinajstić information content (AvgIpc) is 3.57. The van der Waals surface area contributed by atoms with Crippen LogP contribution in [0.4, 0.5) is 11.4 Å². The normalized spacial score (nSPS) is 11.6. The number of anilines is 2. The lowest BCUT2D eigenvalue weighted by atomic mass is 10.0. The number of nitrogens with zero attached hydrogens (tertiary/aromatic N) is 2. The first-order valence-corrected chi connectivity index (χ1v) is 13.6. The van der Waals surface area contributed by atoms with Crippen LogP contribution in [-0.4, -0.2) is 11.6 Å². The summed E-state index contributed by atoms with van der Waals surface area (Å²) in [5.41, 5.74) is 9.98. The highest BCUT2D eigenvalue weighted by Gasteiger charge is 2.14. The molecule has 8 rings (SSSR count). The van der Waals surface area contributed by atoms with Crippen LogP contribution in [-0.2, 0) is 0 Å². The van der Waals surface area contributed by atoms with Crippen LogP contribution in [0.15, 0.2) is 144 Å². The second kappa shape index (κ2) is 8.89. The van der Waals surface area contributed by atoms with Crippen LogP contribution in [0.2, 0.25) is 0 Å². The predicted molar refractivity (Wildman–Crippen MR) is 168 cm³/mol. The lowest BCUT2D eigenvalue weighted by Crippen LogP contribution is -2.09. The van der Waals surface area contributed by atoms with E-state index in [4.69, 9.17) is 4.42 Å². The Morgan fingerprint density at radius 1 is 0.500 bits per heavy atom. The van der Waals surface area contributed by atoms with Gasteiger partial charge in [0, 0.05) is 51.2 Å². The maximum Gasteiger partial charge on any atom is 0.143 e. The number of aromatic nitrogens is 1. The van der Waals surface area contributed by atoms with Crippen molar-refractivity contribution in [2.75, 3.05) is 11.9 Å². The monoisotopic (exact) mass is 514 g/mol. The Labute approximate surface area is 232 Å². The number of para-hydroxylation sites is 4. The second-order valence-electron chi connectivity index (χ2n) is 10.3. The molecule has 3 nitrogen and oxygen atoms in total. The first-order chi connectivity index (χ1) is 19.8. The Balaban J connectivity index is 1.12. The maximum absolute atomic E-state index is 6.27. The number of benzene rings is 6. The van der Waals surface area contributed by atoms with Crippen LogP contribution < -0.4 is 4.90 Å². The van der Waals surface area contributed by atoms with E-state index in [0.717, 1.165) is 50.1 Å². The molecule has 0 radical (unpaired) electrons. The Hall–Kier alpha value is -5.28. The highest BCUT2D eigenvalue weighted by Crippen LogP contribution is 2.37. The largest absolute Gasteiger partial charge is 0.455 e. The molecular weight excluding hydrogens is 488 g/mol. The Kier molecular flexibility index (Phi) is 5.04. The van der Waals surface area contributed by atoms with E-state index in [0.29, 0.717) is 0 Å². The molecule has 0 saturated carbocycles. The van der Waals surface area contributed by atoms with Gasteiger partial charge in [-0.15, -0.1) is 0 Å². The van der Waals surface area contributed by atoms with Crippen LogP contribution in [0.25, 0.3) is 60.6 Å². The fourth-order valence-electron chi connectivity index (χ4n) is 6.01. The van der Waals surface area contributed by atoms with E-state index in [1.165, 1.54) is 21.8 Å². The van der Waals surface area contributed by atoms with Gasteiger partial charge in [-0.3, -0.25) is 0 Å². The fraction of sp³-hybridized carbons (Fsp3) is 0.0270. The number of rotatable bonds is 4. The summed E-state index contributed by atoms with van der Waals surface area (Å²) in [5.74, 6) is 0. The quantitative estimate of drug-likeness (QED) is 0.233. The number of furan rings is 1. The summed E-state index contributed by atoms with van der Waals surface area (Å²) in [6.45, 7) is 0. The summed E-state index contributed by atoms with van der Waals surface area (Å²) < 4.78 is 8.62. The van der Waals surface area contributed by atoms with Crippen molar-refractivity contribution in [3.63, 3.8) is 0 Å². The van der Waals surface area contributed by atoms with Crippen molar-refractivity contribution in [3.8, 4) is 16.8 Å². The molecule has 0 atom stereocenters. The topological polar surface area (TPSA) is 21.3 Å². The first-order valence-electron chi connectivity index (χ1n) is 13.6. The summed E-state index contributed by atoms with van der Waals surface area (Å²) in [6, 6.07) is 49.4. The van der Waals surface area contributed by atoms with Gasteiger partial charge in [0.2, 0.25) is 0 Å². The van der Waals surface area contributed by atoms with E-state index in [2.05, 4.69) is 144 Å². The Bertz CT molecular complexity index is 2110. The van der Waals surface area contributed by atoms with E-state index >= 15 is 0 Å². The molecule has 8 aromatic rings. The molecule has 0 fully saturated rings. The molecule has 0 bridgehead atoms. The van der Waals surface area contributed by atoms with Crippen molar-refractivity contribution in [2.24, 2.45) is 0 Å². The van der Waals surface area contributed by atoms with Gasteiger partial charge in [-0.25, -0.2) is 0 Å². The van der Waals surface area contributed by atoms with Crippen molar-refractivity contribution in [1.82, 2.24) is 4.57 Å². The van der Waals surface area contributed by atoms with E-state index in [1.54, 1.807) is 0 Å². The minimum Gasteiger partial charge on any atom is -0.455 e. The van der Waals surface area contributed by atoms with Crippen LogP contribution in [0.3, 0.4) is 0 Å². The molecule has 0 N–H and O–H groups in total. The molecule has 0 spiro atoms. The molecule has 190 valence electrons. The molecule has 0 unspecified atom stereocenters. The standard InChI is InChI=1S/C37H26N2O/c1-38(26-19-17-25(18-20-26)29-12-8-13-33-32-11-4-7-16-36(32)40-37(29)33)27-21-23-28(24-22-27)39-34-14-5-2-9-30(34)31-10-3-6-15-35(31)39/h2-24H,1H3. The summed E-state index contributed by atoms with van der Waals surface area (Å²) in [6.07, 6.45) is 0. The molecule has 3 heteroatoms. The molecule has 0 aliphatic carbocycles. The van der Waals surface area contributed by atoms with Gasteiger partial charge >= 0.3 is 0 Å². The lowest BCUT2D eigenvalue weighted by Gasteiger charge is -2.20. The van der Waals surface area contributed by atoms with Gasteiger partial charge in [0.05, 0.1) is 11.0 Å². The van der Waals surface area contributed by atoms with Gasteiger partial charge < -0.3 is 13.9 Å². The summed E-state index contributed by atoms with van der Waals surface area (Å²) >= 11 is 0. The highest BCUT2D eigenvalue weighted by molar-refractivity contribution is 6.10. The van der Waals surface area contributed by atoms with Crippen molar-refractivity contribution in [3.05, 3.63) is 140 Å². The maximum atomic E-state index is 6.27. The smallest absolute Gasteiger partial charge is 0.143 e. The molecule has 2 heterocycles. The molecule has 2 aromatic heterocycles. The summed E-state index contributed by atoms with van der Waals surface area (Å²) in [7, 11) is 2.12. The zero-order valence-corrected chi connectivity index (χ0v) is 22.1. The molecule has 0 amide bonds. The molecule has 0 aliphatic heterocycles. The van der Waals surface area contributed by atoms with Gasteiger partial charge in [-0.1, -0.05) is 84.9 Å². The third-order valence-electron chi connectivity index (χ3n) is 8.05. The minimum atomic E-state index is 0.922. The van der Waals surface area contributed by atoms with Gasteiger partial charge in [0.1, 0.15) is 11.2 Å². The molecule has 0 saturated heterocycles. The molecule has 6 aromatic carbocycles. The zero-order valence-electron chi connectivity index (χ0n) is 22.1. The molecule has 40 heavy (non-hydrogen) atoms. The van der Waals surface area contributed by atoms with E-state index in [-0.39, 0.29) is 0 Å². The van der Waals surface area contributed by atoms with Crippen molar-refractivity contribution in [1.29, 1.82) is 0 Å². The van der Waals surface area contributed by atoms with E-state index < -0.39 is 0 Å². The van der Waals surface area contributed by atoms with Crippen LogP contribution >= 0.6 is 0 Å². The SMILES string of the molecule is CN(c1ccc(-c2cccc3c2oc2ccccc23)cc1)c1ccc(-n2c3ccccc3c3ccccc32)cc1. The van der Waals surface area contributed by atoms with Gasteiger partial charge in [-0.2, -0.15) is 0 Å². The predicted octanol–water partition coefficient (Wildman–Crippen LogP) is 10.1. The number of hydrogen-bond acceptors (Lipinski definition) is 2. The van der Waals surface area contributed by atoms with Crippen molar-refractivity contribution in [2.45, 2.75) is 0 Å². The molecule has 0 aliphatic rings. The summed E-state index contributed by atoms with van der Waals surface area (Å²) in [5, 5.41) is 4.85. The number of hydrogen-bond donors (Lipinski definition) is 0. The third-order valence-corrected chi connectivity index (χ3v) is 8.05. The molecular formula is C37H26N2O. The lowest BCUT2D eigenvalue weighted by molar-refractivity contribution is 0.670. The third kappa shape index (κ3) is 3.45.